The van der Waals surface area contributed by atoms with Gasteiger partial charge in [-0.25, -0.2) is 10.5 Å². The minimum absolute atomic E-state index is 0.343. The molecule has 0 spiro atoms. The maximum absolute atomic E-state index is 11.8. The molecule has 1 unspecified atom stereocenters. The normalized spacial score (nSPS) is 21.5. The first-order chi connectivity index (χ1) is 15.7. The number of hydrogen-bond acceptors (Lipinski definition) is 5. The van der Waals surface area contributed by atoms with Crippen molar-refractivity contribution in [1.82, 2.24) is 15.4 Å². The van der Waals surface area contributed by atoms with Gasteiger partial charge < -0.3 is 9.32 Å². The molecule has 2 N–H and O–H groups in total. The highest BCUT2D eigenvalue weighted by atomic mass is 16.5. The van der Waals surface area contributed by atoms with Gasteiger partial charge in [0.15, 0.2) is 5.58 Å². The van der Waals surface area contributed by atoms with Crippen LogP contribution in [0.3, 0.4) is 0 Å². The molecule has 164 valence electrons. The highest BCUT2D eigenvalue weighted by Gasteiger charge is 2.38. The summed E-state index contributed by atoms with van der Waals surface area (Å²) in [5.41, 5.74) is 5.31. The zero-order valence-corrected chi connectivity index (χ0v) is 18.0. The highest BCUT2D eigenvalue weighted by Crippen LogP contribution is 2.38. The lowest BCUT2D eigenvalue weighted by molar-refractivity contribution is 0.0706. The average molecular weight is 430 g/mol. The quantitative estimate of drug-likeness (QED) is 0.453. The topological polar surface area (TPSA) is 78.6 Å². The molecule has 1 aliphatic carbocycles. The summed E-state index contributed by atoms with van der Waals surface area (Å²) in [5, 5.41) is 8.95. The van der Waals surface area contributed by atoms with Crippen molar-refractivity contribution < 1.29 is 14.4 Å². The molecule has 1 aromatic heterocycles. The van der Waals surface area contributed by atoms with E-state index in [4.69, 9.17) is 14.6 Å². The van der Waals surface area contributed by atoms with Gasteiger partial charge in [0.2, 0.25) is 5.89 Å². The number of hydroxylamine groups is 1. The standard InChI is InChI=1S/C26H27N3O3/c30-24(28-31)21-9-10-23-22(17-21)27-25(32-23)26(18-29-15-5-2-6-16-29)13-11-20(12-14-26)19-7-3-1-4-8-19/h1,3-4,7-13,17,31H,2,5-6,14-16,18H2,(H,28,30). The first-order valence-electron chi connectivity index (χ1n) is 11.2. The molecule has 32 heavy (non-hydrogen) atoms. The number of rotatable bonds is 5. The molecule has 1 fully saturated rings. The summed E-state index contributed by atoms with van der Waals surface area (Å²) in [6, 6.07) is 15.4. The van der Waals surface area contributed by atoms with Crippen LogP contribution < -0.4 is 5.48 Å². The minimum Gasteiger partial charge on any atom is -0.440 e. The number of likely N-dealkylation sites (tertiary alicyclic amines) is 1. The fraction of sp³-hybridized carbons (Fsp3) is 0.308. The van der Waals surface area contributed by atoms with E-state index in [0.717, 1.165) is 26.1 Å². The van der Waals surface area contributed by atoms with Crippen molar-refractivity contribution in [3.63, 3.8) is 0 Å². The molecular formula is C26H27N3O3. The Balaban J connectivity index is 1.51. The fourth-order valence-corrected chi connectivity index (χ4v) is 4.73. The smallest absolute Gasteiger partial charge is 0.274 e. The van der Waals surface area contributed by atoms with Crippen LogP contribution in [0.5, 0.6) is 0 Å². The summed E-state index contributed by atoms with van der Waals surface area (Å²) in [7, 11) is 0. The lowest BCUT2D eigenvalue weighted by atomic mass is 9.78. The third-order valence-electron chi connectivity index (χ3n) is 6.51. The van der Waals surface area contributed by atoms with Gasteiger partial charge in [-0.3, -0.25) is 10.0 Å². The van der Waals surface area contributed by atoms with Crippen LogP contribution in [-0.2, 0) is 5.41 Å². The van der Waals surface area contributed by atoms with E-state index in [0.29, 0.717) is 22.6 Å². The molecule has 1 saturated heterocycles. The Bertz CT molecular complexity index is 1180. The van der Waals surface area contributed by atoms with Gasteiger partial charge in [0.05, 0.1) is 5.41 Å². The number of piperidine rings is 1. The van der Waals surface area contributed by atoms with Crippen molar-refractivity contribution in [2.24, 2.45) is 0 Å². The van der Waals surface area contributed by atoms with Gasteiger partial charge in [0.25, 0.3) is 5.91 Å². The summed E-state index contributed by atoms with van der Waals surface area (Å²) in [5.74, 6) is 0.103. The Kier molecular flexibility index (Phi) is 5.64. The monoisotopic (exact) mass is 429 g/mol. The van der Waals surface area contributed by atoms with E-state index in [9.17, 15) is 4.79 Å². The van der Waals surface area contributed by atoms with Crippen molar-refractivity contribution in [1.29, 1.82) is 0 Å². The van der Waals surface area contributed by atoms with Gasteiger partial charge in [-0.15, -0.1) is 0 Å². The summed E-state index contributed by atoms with van der Waals surface area (Å²) in [6.45, 7) is 3.02. The van der Waals surface area contributed by atoms with E-state index in [-0.39, 0.29) is 5.41 Å². The van der Waals surface area contributed by atoms with E-state index < -0.39 is 5.91 Å². The van der Waals surface area contributed by atoms with Gasteiger partial charge >= 0.3 is 0 Å². The number of benzene rings is 2. The third-order valence-corrected chi connectivity index (χ3v) is 6.51. The van der Waals surface area contributed by atoms with Gasteiger partial charge in [0.1, 0.15) is 5.52 Å². The van der Waals surface area contributed by atoms with E-state index >= 15 is 0 Å². The first kappa shape index (κ1) is 20.7. The predicted molar refractivity (Wildman–Crippen MR) is 123 cm³/mol. The fourth-order valence-electron chi connectivity index (χ4n) is 4.73. The Morgan fingerprint density at radius 2 is 1.94 bits per heavy atom. The molecule has 0 bridgehead atoms. The minimum atomic E-state index is -0.563. The SMILES string of the molecule is O=C(NO)c1ccc2oc(C3(CN4CCCCC4)C=CC(c4ccccc4)=CC3)nc2c1. The Labute approximate surface area is 187 Å². The molecule has 2 aliphatic rings. The molecular weight excluding hydrogens is 402 g/mol. The molecule has 1 aliphatic heterocycles. The predicted octanol–water partition coefficient (Wildman–Crippen LogP) is 4.71. The number of nitrogens with zero attached hydrogens (tertiary/aromatic N) is 2. The zero-order valence-electron chi connectivity index (χ0n) is 18.0. The molecule has 0 radical (unpaired) electrons. The zero-order chi connectivity index (χ0) is 22.0. The number of nitrogens with one attached hydrogen (secondary N) is 1. The van der Waals surface area contributed by atoms with Crippen LogP contribution >= 0.6 is 0 Å². The Morgan fingerprint density at radius 1 is 1.12 bits per heavy atom. The lowest BCUT2D eigenvalue weighted by Gasteiger charge is -2.37. The number of aromatic nitrogens is 1. The summed E-state index contributed by atoms with van der Waals surface area (Å²) in [6.07, 6.45) is 11.2. The van der Waals surface area contributed by atoms with Gasteiger partial charge in [-0.2, -0.15) is 0 Å². The highest BCUT2D eigenvalue weighted by molar-refractivity contribution is 5.96. The number of oxazole rings is 1. The van der Waals surface area contributed by atoms with Crippen molar-refractivity contribution in [3.05, 3.63) is 83.8 Å². The van der Waals surface area contributed by atoms with E-state index in [2.05, 4.69) is 47.4 Å². The second-order valence-electron chi connectivity index (χ2n) is 8.70. The van der Waals surface area contributed by atoms with Crippen LogP contribution in [-0.4, -0.2) is 40.6 Å². The molecule has 1 atom stereocenters. The van der Waals surface area contributed by atoms with Crippen LogP contribution in [0, 0.1) is 0 Å². The van der Waals surface area contributed by atoms with Crippen molar-refractivity contribution >= 4 is 22.6 Å². The Morgan fingerprint density at radius 3 is 2.66 bits per heavy atom. The van der Waals surface area contributed by atoms with E-state index in [1.807, 2.05) is 6.07 Å². The largest absolute Gasteiger partial charge is 0.440 e. The van der Waals surface area contributed by atoms with Crippen LogP contribution in [0.4, 0.5) is 0 Å². The molecule has 2 aromatic carbocycles. The van der Waals surface area contributed by atoms with Crippen LogP contribution in [0.2, 0.25) is 0 Å². The second-order valence-corrected chi connectivity index (χ2v) is 8.70. The van der Waals surface area contributed by atoms with Gasteiger partial charge in [-0.1, -0.05) is 55.0 Å². The molecule has 0 saturated carbocycles. The van der Waals surface area contributed by atoms with Crippen LogP contribution in [0.25, 0.3) is 16.7 Å². The maximum Gasteiger partial charge on any atom is 0.274 e. The molecule has 3 aromatic rings. The molecule has 6 heteroatoms. The van der Waals surface area contributed by atoms with Crippen LogP contribution in [0.15, 0.2) is 71.2 Å². The maximum atomic E-state index is 11.8. The summed E-state index contributed by atoms with van der Waals surface area (Å²) >= 11 is 0. The molecule has 6 nitrogen and oxygen atoms in total. The van der Waals surface area contributed by atoms with E-state index in [1.54, 1.807) is 23.7 Å². The van der Waals surface area contributed by atoms with E-state index in [1.165, 1.54) is 30.4 Å². The number of carbonyl (C=O) groups excluding carboxylic acids is 1. The lowest BCUT2D eigenvalue weighted by Crippen LogP contribution is -2.42. The third kappa shape index (κ3) is 3.99. The Hall–Kier alpha value is -3.22. The summed E-state index contributed by atoms with van der Waals surface area (Å²) in [4.78, 5) is 19.1. The van der Waals surface area contributed by atoms with Crippen molar-refractivity contribution in [2.45, 2.75) is 31.1 Å². The molecule has 1 amide bonds. The second kappa shape index (κ2) is 8.73. The molecule has 5 rings (SSSR count). The van der Waals surface area contributed by atoms with Crippen molar-refractivity contribution in [3.8, 4) is 0 Å². The number of hydrogen-bond donors (Lipinski definition) is 2. The number of allylic oxidation sites excluding steroid dienone is 3. The molecule has 2 heterocycles. The number of amides is 1. The van der Waals surface area contributed by atoms with Crippen molar-refractivity contribution in [2.75, 3.05) is 19.6 Å². The first-order valence-corrected chi connectivity index (χ1v) is 11.2. The number of fused-ring (bicyclic) bond motifs is 1. The average Bonchev–Trinajstić information content (AvgIpc) is 3.29. The number of carbonyl (C=O) groups is 1. The van der Waals surface area contributed by atoms with Gasteiger partial charge in [-0.05, 0) is 61.7 Å². The summed E-state index contributed by atoms with van der Waals surface area (Å²) < 4.78 is 6.25. The van der Waals surface area contributed by atoms with Gasteiger partial charge in [0, 0.05) is 12.1 Å². The van der Waals surface area contributed by atoms with Crippen LogP contribution in [0.1, 0.15) is 47.5 Å².